The molecule has 1 heterocycles. The van der Waals surface area contributed by atoms with E-state index in [1.807, 2.05) is 25.1 Å². The van der Waals surface area contributed by atoms with Crippen molar-refractivity contribution in [1.82, 2.24) is 15.3 Å². The molecule has 0 fully saturated rings. The van der Waals surface area contributed by atoms with Crippen molar-refractivity contribution in [2.24, 2.45) is 5.92 Å². The Morgan fingerprint density at radius 1 is 1.17 bits per heavy atom. The van der Waals surface area contributed by atoms with E-state index in [2.05, 4.69) is 46.6 Å². The van der Waals surface area contributed by atoms with Crippen LogP contribution in [-0.2, 0) is 6.42 Å². The Bertz CT molecular complexity index is 641. The van der Waals surface area contributed by atoms with Crippen molar-refractivity contribution in [2.75, 3.05) is 18.4 Å². The molecule has 0 radical (unpaired) electrons. The second-order valence-electron chi connectivity index (χ2n) is 5.98. The Labute approximate surface area is 137 Å². The first kappa shape index (κ1) is 16.9. The van der Waals surface area contributed by atoms with Crippen LogP contribution in [0.1, 0.15) is 35.6 Å². The molecule has 1 aromatic carbocycles. The summed E-state index contributed by atoms with van der Waals surface area (Å²) in [4.78, 5) is 20.9. The highest BCUT2D eigenvalue weighted by atomic mass is 16.1. The number of hydrogen-bond donors (Lipinski definition) is 2. The van der Waals surface area contributed by atoms with Crippen LogP contribution in [0.3, 0.4) is 0 Å². The summed E-state index contributed by atoms with van der Waals surface area (Å²) in [6, 6.07) is 11.8. The Balaban J connectivity index is 1.93. The van der Waals surface area contributed by atoms with E-state index in [1.165, 1.54) is 5.56 Å². The summed E-state index contributed by atoms with van der Waals surface area (Å²) in [7, 11) is 0. The molecule has 23 heavy (non-hydrogen) atoms. The highest BCUT2D eigenvalue weighted by Gasteiger charge is 2.10. The van der Waals surface area contributed by atoms with Gasteiger partial charge in [-0.25, -0.2) is 9.97 Å². The molecular formula is C18H24N4O. The Hall–Kier alpha value is -2.43. The van der Waals surface area contributed by atoms with E-state index in [-0.39, 0.29) is 5.91 Å². The minimum absolute atomic E-state index is 0.168. The molecule has 0 saturated carbocycles. The fourth-order valence-electron chi connectivity index (χ4n) is 2.11. The summed E-state index contributed by atoms with van der Waals surface area (Å²) in [5, 5.41) is 6.07. The van der Waals surface area contributed by atoms with Crippen LogP contribution < -0.4 is 10.6 Å². The van der Waals surface area contributed by atoms with Gasteiger partial charge in [-0.2, -0.15) is 0 Å². The topological polar surface area (TPSA) is 66.9 Å². The lowest BCUT2D eigenvalue weighted by atomic mass is 10.1. The fraction of sp³-hybridized carbons (Fsp3) is 0.389. The monoisotopic (exact) mass is 312 g/mol. The maximum Gasteiger partial charge on any atom is 0.270 e. The van der Waals surface area contributed by atoms with Gasteiger partial charge in [0, 0.05) is 18.8 Å². The second-order valence-corrected chi connectivity index (χ2v) is 5.98. The SMILES string of the molecule is Cc1cc(C(=O)NCCc2ccccc2)nc(NCC(C)C)n1. The van der Waals surface area contributed by atoms with Gasteiger partial charge in [0.25, 0.3) is 5.91 Å². The van der Waals surface area contributed by atoms with Gasteiger partial charge in [-0.3, -0.25) is 4.79 Å². The van der Waals surface area contributed by atoms with E-state index < -0.39 is 0 Å². The maximum atomic E-state index is 12.2. The summed E-state index contributed by atoms with van der Waals surface area (Å²) >= 11 is 0. The molecule has 5 nitrogen and oxygen atoms in total. The van der Waals surface area contributed by atoms with E-state index in [1.54, 1.807) is 6.07 Å². The zero-order chi connectivity index (χ0) is 16.7. The normalized spacial score (nSPS) is 10.6. The van der Waals surface area contributed by atoms with Gasteiger partial charge in [0.2, 0.25) is 5.95 Å². The Morgan fingerprint density at radius 3 is 2.61 bits per heavy atom. The molecule has 1 amide bonds. The number of nitrogens with one attached hydrogen (secondary N) is 2. The molecule has 0 spiro atoms. The molecule has 0 aliphatic rings. The van der Waals surface area contributed by atoms with E-state index in [4.69, 9.17) is 0 Å². The van der Waals surface area contributed by atoms with Crippen molar-refractivity contribution in [3.63, 3.8) is 0 Å². The summed E-state index contributed by atoms with van der Waals surface area (Å²) in [6.07, 6.45) is 0.801. The van der Waals surface area contributed by atoms with Crippen molar-refractivity contribution in [3.05, 3.63) is 53.3 Å². The van der Waals surface area contributed by atoms with Crippen molar-refractivity contribution in [3.8, 4) is 0 Å². The standard InChI is InChI=1S/C18H24N4O/c1-13(2)12-20-18-21-14(3)11-16(22-18)17(23)19-10-9-15-7-5-4-6-8-15/h4-8,11,13H,9-10,12H2,1-3H3,(H,19,23)(H,20,21,22). The third-order valence-electron chi connectivity index (χ3n) is 3.30. The first-order valence-corrected chi connectivity index (χ1v) is 7.96. The number of hydrogen-bond acceptors (Lipinski definition) is 4. The molecule has 0 aliphatic carbocycles. The predicted octanol–water partition coefficient (Wildman–Crippen LogP) is 2.83. The number of nitrogens with zero attached hydrogens (tertiary/aromatic N) is 2. The van der Waals surface area contributed by atoms with Gasteiger partial charge in [0.15, 0.2) is 0 Å². The highest BCUT2D eigenvalue weighted by Crippen LogP contribution is 2.06. The van der Waals surface area contributed by atoms with Crippen molar-refractivity contribution in [2.45, 2.75) is 27.2 Å². The average Bonchev–Trinajstić information content (AvgIpc) is 2.53. The minimum Gasteiger partial charge on any atom is -0.354 e. The molecule has 122 valence electrons. The van der Waals surface area contributed by atoms with Gasteiger partial charge in [0.05, 0.1) is 0 Å². The van der Waals surface area contributed by atoms with Gasteiger partial charge in [-0.1, -0.05) is 44.2 Å². The largest absolute Gasteiger partial charge is 0.354 e. The van der Waals surface area contributed by atoms with Gasteiger partial charge in [0.1, 0.15) is 5.69 Å². The predicted molar refractivity (Wildman–Crippen MR) is 92.6 cm³/mol. The Kier molecular flexibility index (Phi) is 6.09. The molecule has 0 unspecified atom stereocenters. The molecular weight excluding hydrogens is 288 g/mol. The third-order valence-corrected chi connectivity index (χ3v) is 3.30. The number of aryl methyl sites for hydroxylation is 1. The minimum atomic E-state index is -0.168. The summed E-state index contributed by atoms with van der Waals surface area (Å²) in [5.74, 6) is 0.827. The molecule has 0 aliphatic heterocycles. The second kappa shape index (κ2) is 8.27. The molecule has 0 saturated heterocycles. The van der Waals surface area contributed by atoms with Crippen molar-refractivity contribution >= 4 is 11.9 Å². The fourth-order valence-corrected chi connectivity index (χ4v) is 2.11. The van der Waals surface area contributed by atoms with Crippen molar-refractivity contribution in [1.29, 1.82) is 0 Å². The molecule has 0 atom stereocenters. The van der Waals surface area contributed by atoms with Gasteiger partial charge < -0.3 is 10.6 Å². The summed E-state index contributed by atoms with van der Waals surface area (Å²) in [5.41, 5.74) is 2.38. The molecule has 2 rings (SSSR count). The lowest BCUT2D eigenvalue weighted by Crippen LogP contribution is -2.27. The van der Waals surface area contributed by atoms with E-state index >= 15 is 0 Å². The quantitative estimate of drug-likeness (QED) is 0.825. The molecule has 2 aromatic rings. The first-order valence-electron chi connectivity index (χ1n) is 7.96. The number of anilines is 1. The van der Waals surface area contributed by atoms with Crippen LogP contribution in [-0.4, -0.2) is 29.0 Å². The highest BCUT2D eigenvalue weighted by molar-refractivity contribution is 5.92. The Morgan fingerprint density at radius 2 is 1.91 bits per heavy atom. The third kappa shape index (κ3) is 5.70. The number of carbonyl (C=O) groups is 1. The number of amides is 1. The summed E-state index contributed by atoms with van der Waals surface area (Å²) in [6.45, 7) is 7.45. The number of benzene rings is 1. The van der Waals surface area contributed by atoms with Gasteiger partial charge >= 0.3 is 0 Å². The molecule has 5 heteroatoms. The van der Waals surface area contributed by atoms with Gasteiger partial charge in [-0.15, -0.1) is 0 Å². The zero-order valence-corrected chi connectivity index (χ0v) is 14.0. The first-order chi connectivity index (χ1) is 11.0. The lowest BCUT2D eigenvalue weighted by Gasteiger charge is -2.10. The van der Waals surface area contributed by atoms with E-state index in [0.29, 0.717) is 24.1 Å². The van der Waals surface area contributed by atoms with Crippen LogP contribution in [0.15, 0.2) is 36.4 Å². The van der Waals surface area contributed by atoms with E-state index in [9.17, 15) is 4.79 Å². The van der Waals surface area contributed by atoms with Gasteiger partial charge in [-0.05, 0) is 30.9 Å². The van der Waals surface area contributed by atoms with Crippen LogP contribution in [0.5, 0.6) is 0 Å². The van der Waals surface area contributed by atoms with E-state index in [0.717, 1.165) is 18.7 Å². The summed E-state index contributed by atoms with van der Waals surface area (Å²) < 4.78 is 0. The van der Waals surface area contributed by atoms with Crippen LogP contribution >= 0.6 is 0 Å². The molecule has 0 bridgehead atoms. The number of carbonyl (C=O) groups excluding carboxylic acids is 1. The number of aromatic nitrogens is 2. The zero-order valence-electron chi connectivity index (χ0n) is 14.0. The lowest BCUT2D eigenvalue weighted by molar-refractivity contribution is 0.0949. The average molecular weight is 312 g/mol. The van der Waals surface area contributed by atoms with Crippen LogP contribution in [0.2, 0.25) is 0 Å². The van der Waals surface area contributed by atoms with Crippen LogP contribution in [0.25, 0.3) is 0 Å². The smallest absolute Gasteiger partial charge is 0.270 e. The van der Waals surface area contributed by atoms with Crippen LogP contribution in [0, 0.1) is 12.8 Å². The maximum absolute atomic E-state index is 12.2. The van der Waals surface area contributed by atoms with Crippen molar-refractivity contribution < 1.29 is 4.79 Å². The van der Waals surface area contributed by atoms with Crippen LogP contribution in [0.4, 0.5) is 5.95 Å². The number of rotatable bonds is 7. The molecule has 1 aromatic heterocycles. The molecule has 2 N–H and O–H groups in total.